The standard InChI is InChI=1S/C20H24N2O4/c1-19(2)11-17(23)20(18(24)12-19)10-13-9-14(22(25)26)6-7-15(13)21-8-4-3-5-16(20)21/h6-7,9,16H,3-5,8,10-12H2,1-2H3/t16-/m1/s1. The lowest BCUT2D eigenvalue weighted by Gasteiger charge is -2.54. The number of Topliss-reactive ketones (excluding diaryl/α,β-unsaturated/α-hetero) is 2. The summed E-state index contributed by atoms with van der Waals surface area (Å²) in [7, 11) is 0. The SMILES string of the molecule is CC1(C)CC(=O)C2(Cc3cc([N+](=O)[O-])ccc3N3CCCC[C@@H]32)C(=O)C1. The van der Waals surface area contributed by atoms with Crippen molar-refractivity contribution in [3.8, 4) is 0 Å². The molecule has 0 amide bonds. The minimum absolute atomic E-state index is 0.0189. The average molecular weight is 356 g/mol. The summed E-state index contributed by atoms with van der Waals surface area (Å²) >= 11 is 0. The summed E-state index contributed by atoms with van der Waals surface area (Å²) in [6.45, 7) is 4.73. The molecule has 0 radical (unpaired) electrons. The largest absolute Gasteiger partial charge is 0.367 e. The van der Waals surface area contributed by atoms with Gasteiger partial charge in [0.25, 0.3) is 5.69 Å². The van der Waals surface area contributed by atoms with Crippen LogP contribution in [0.15, 0.2) is 18.2 Å². The molecule has 6 nitrogen and oxygen atoms in total. The number of hydrogen-bond donors (Lipinski definition) is 0. The van der Waals surface area contributed by atoms with E-state index in [4.69, 9.17) is 0 Å². The van der Waals surface area contributed by atoms with E-state index in [9.17, 15) is 19.7 Å². The molecule has 2 heterocycles. The maximum atomic E-state index is 13.3. The molecule has 1 saturated heterocycles. The van der Waals surface area contributed by atoms with Gasteiger partial charge in [0.2, 0.25) is 0 Å². The zero-order chi connectivity index (χ0) is 18.7. The molecule has 1 atom stereocenters. The molecule has 1 aromatic carbocycles. The summed E-state index contributed by atoms with van der Waals surface area (Å²) in [6.07, 6.45) is 3.94. The Morgan fingerprint density at radius 3 is 2.46 bits per heavy atom. The summed E-state index contributed by atoms with van der Waals surface area (Å²) in [5, 5.41) is 11.2. The zero-order valence-corrected chi connectivity index (χ0v) is 15.3. The Labute approximate surface area is 152 Å². The van der Waals surface area contributed by atoms with Crippen LogP contribution in [0.4, 0.5) is 11.4 Å². The fraction of sp³-hybridized carbons (Fsp3) is 0.600. The van der Waals surface area contributed by atoms with Crippen molar-refractivity contribution in [1.82, 2.24) is 0 Å². The van der Waals surface area contributed by atoms with Crippen molar-refractivity contribution < 1.29 is 14.5 Å². The molecule has 0 unspecified atom stereocenters. The van der Waals surface area contributed by atoms with Crippen molar-refractivity contribution in [2.75, 3.05) is 11.4 Å². The first-order valence-corrected chi connectivity index (χ1v) is 9.35. The summed E-state index contributed by atoms with van der Waals surface area (Å²) in [6, 6.07) is 4.76. The van der Waals surface area contributed by atoms with Crippen LogP contribution in [0.3, 0.4) is 0 Å². The number of nitro benzene ring substituents is 1. The van der Waals surface area contributed by atoms with Gasteiger partial charge in [0, 0.05) is 43.2 Å². The highest BCUT2D eigenvalue weighted by Crippen LogP contribution is 2.52. The number of piperidine rings is 1. The number of non-ortho nitro benzene ring substituents is 1. The van der Waals surface area contributed by atoms with Crippen LogP contribution >= 0.6 is 0 Å². The molecular weight excluding hydrogens is 332 g/mol. The Morgan fingerprint density at radius 2 is 1.81 bits per heavy atom. The topological polar surface area (TPSA) is 80.5 Å². The predicted octanol–water partition coefficient (Wildman–Crippen LogP) is 3.45. The van der Waals surface area contributed by atoms with Gasteiger partial charge in [0.05, 0.1) is 4.92 Å². The third-order valence-electron chi connectivity index (χ3n) is 6.40. The van der Waals surface area contributed by atoms with E-state index < -0.39 is 10.3 Å². The molecule has 4 rings (SSSR count). The number of carbonyl (C=O) groups is 2. The van der Waals surface area contributed by atoms with Crippen molar-refractivity contribution in [3.05, 3.63) is 33.9 Å². The number of anilines is 1. The van der Waals surface area contributed by atoms with E-state index in [-0.39, 0.29) is 28.7 Å². The van der Waals surface area contributed by atoms with E-state index >= 15 is 0 Å². The number of nitrogens with zero attached hydrogens (tertiary/aromatic N) is 2. The fourth-order valence-electron chi connectivity index (χ4n) is 5.23. The molecular formula is C20H24N2O4. The van der Waals surface area contributed by atoms with Crippen molar-refractivity contribution >= 4 is 22.9 Å². The van der Waals surface area contributed by atoms with E-state index in [0.717, 1.165) is 37.1 Å². The first-order chi connectivity index (χ1) is 12.2. The van der Waals surface area contributed by atoms with Crippen LogP contribution in [0.5, 0.6) is 0 Å². The number of hydrogen-bond acceptors (Lipinski definition) is 5. The Balaban J connectivity index is 1.86. The molecule has 138 valence electrons. The molecule has 2 aliphatic heterocycles. The molecule has 0 bridgehead atoms. The van der Waals surface area contributed by atoms with Gasteiger partial charge in [0.1, 0.15) is 17.0 Å². The monoisotopic (exact) mass is 356 g/mol. The van der Waals surface area contributed by atoms with Gasteiger partial charge in [-0.15, -0.1) is 0 Å². The van der Waals surface area contributed by atoms with E-state index in [2.05, 4.69) is 4.90 Å². The number of fused-ring (bicyclic) bond motifs is 4. The van der Waals surface area contributed by atoms with Crippen LogP contribution in [0.25, 0.3) is 0 Å². The summed E-state index contributed by atoms with van der Waals surface area (Å²) in [5.74, 6) is 0.0422. The fourth-order valence-corrected chi connectivity index (χ4v) is 5.23. The lowest BCUT2D eigenvalue weighted by molar-refractivity contribution is -0.384. The highest BCUT2D eigenvalue weighted by Gasteiger charge is 2.59. The number of rotatable bonds is 1. The van der Waals surface area contributed by atoms with Gasteiger partial charge in [-0.2, -0.15) is 0 Å². The number of nitro groups is 1. The number of benzene rings is 1. The summed E-state index contributed by atoms with van der Waals surface area (Å²) in [4.78, 5) is 39.6. The van der Waals surface area contributed by atoms with E-state index in [0.29, 0.717) is 19.3 Å². The van der Waals surface area contributed by atoms with Gasteiger partial charge >= 0.3 is 0 Å². The quantitative estimate of drug-likeness (QED) is 0.437. The smallest absolute Gasteiger partial charge is 0.269 e. The second-order valence-electron chi connectivity index (χ2n) is 8.79. The number of ketones is 2. The molecule has 1 saturated carbocycles. The van der Waals surface area contributed by atoms with E-state index in [1.54, 1.807) is 12.1 Å². The van der Waals surface area contributed by atoms with Crippen molar-refractivity contribution in [1.29, 1.82) is 0 Å². The molecule has 6 heteroatoms. The van der Waals surface area contributed by atoms with Crippen LogP contribution in [-0.4, -0.2) is 29.1 Å². The minimum Gasteiger partial charge on any atom is -0.367 e. The van der Waals surface area contributed by atoms with E-state index in [1.165, 1.54) is 6.07 Å². The second-order valence-corrected chi connectivity index (χ2v) is 8.79. The van der Waals surface area contributed by atoms with Gasteiger partial charge < -0.3 is 4.90 Å². The van der Waals surface area contributed by atoms with Crippen LogP contribution in [0, 0.1) is 20.9 Å². The highest BCUT2D eigenvalue weighted by molar-refractivity contribution is 6.11. The minimum atomic E-state index is -1.03. The normalized spacial score (nSPS) is 26.4. The maximum Gasteiger partial charge on any atom is 0.269 e. The van der Waals surface area contributed by atoms with Crippen LogP contribution in [0.2, 0.25) is 0 Å². The van der Waals surface area contributed by atoms with Crippen LogP contribution < -0.4 is 4.90 Å². The molecule has 0 aromatic heterocycles. The Bertz CT molecular complexity index is 794. The highest BCUT2D eigenvalue weighted by atomic mass is 16.6. The molecule has 1 aromatic rings. The predicted molar refractivity (Wildman–Crippen MR) is 97.2 cm³/mol. The third-order valence-corrected chi connectivity index (χ3v) is 6.40. The number of carbonyl (C=O) groups excluding carboxylic acids is 2. The van der Waals surface area contributed by atoms with Crippen molar-refractivity contribution in [2.24, 2.45) is 10.8 Å². The average Bonchev–Trinajstić information content (AvgIpc) is 2.58. The third kappa shape index (κ3) is 2.38. The Morgan fingerprint density at radius 1 is 1.12 bits per heavy atom. The molecule has 1 aliphatic carbocycles. The first-order valence-electron chi connectivity index (χ1n) is 9.35. The molecule has 2 fully saturated rings. The molecule has 1 spiro atoms. The van der Waals surface area contributed by atoms with Crippen LogP contribution in [0.1, 0.15) is 51.5 Å². The lowest BCUT2D eigenvalue weighted by Crippen LogP contribution is -2.64. The van der Waals surface area contributed by atoms with Gasteiger partial charge in [0.15, 0.2) is 0 Å². The van der Waals surface area contributed by atoms with Crippen molar-refractivity contribution in [3.63, 3.8) is 0 Å². The van der Waals surface area contributed by atoms with Crippen molar-refractivity contribution in [2.45, 2.75) is 58.4 Å². The van der Waals surface area contributed by atoms with Gasteiger partial charge in [-0.05, 0) is 42.7 Å². The van der Waals surface area contributed by atoms with E-state index in [1.807, 2.05) is 13.8 Å². The maximum absolute atomic E-state index is 13.3. The van der Waals surface area contributed by atoms with Crippen LogP contribution in [-0.2, 0) is 16.0 Å². The first kappa shape index (κ1) is 17.2. The van der Waals surface area contributed by atoms with Gasteiger partial charge in [-0.25, -0.2) is 0 Å². The second kappa shape index (κ2) is 5.63. The zero-order valence-electron chi connectivity index (χ0n) is 15.3. The van der Waals surface area contributed by atoms with Gasteiger partial charge in [-0.1, -0.05) is 13.8 Å². The summed E-state index contributed by atoms with van der Waals surface area (Å²) in [5.41, 5.74) is 0.403. The van der Waals surface area contributed by atoms with Gasteiger partial charge in [-0.3, -0.25) is 19.7 Å². The molecule has 26 heavy (non-hydrogen) atoms. The molecule has 3 aliphatic rings. The molecule has 0 N–H and O–H groups in total. The Kier molecular flexibility index (Phi) is 3.72. The summed E-state index contributed by atoms with van der Waals surface area (Å²) < 4.78 is 0. The lowest BCUT2D eigenvalue weighted by atomic mass is 9.55. The Hall–Kier alpha value is -2.24.